The summed E-state index contributed by atoms with van der Waals surface area (Å²) in [5.74, 6) is 0.870. The molecule has 4 nitrogen and oxygen atoms in total. The number of rotatable bonds is 2. The number of nitrogens with zero attached hydrogens (tertiary/aromatic N) is 2. The minimum atomic E-state index is 0.232. The van der Waals surface area contributed by atoms with Gasteiger partial charge in [0.2, 0.25) is 0 Å². The standard InChI is InChI=1S/C14H10N2O2/c17-12-4-2-10-3-5-13(9-11(10)8-12)18-14-15-6-1-7-16-14/h1-9,17H. The average Bonchev–Trinajstić information content (AvgIpc) is 2.39. The summed E-state index contributed by atoms with van der Waals surface area (Å²) < 4.78 is 5.52. The first-order chi connectivity index (χ1) is 8.81. The van der Waals surface area contributed by atoms with Crippen molar-refractivity contribution in [1.29, 1.82) is 0 Å². The molecule has 0 aliphatic rings. The molecule has 0 spiro atoms. The minimum Gasteiger partial charge on any atom is -0.508 e. The molecule has 0 radical (unpaired) electrons. The van der Waals surface area contributed by atoms with Gasteiger partial charge in [-0.25, -0.2) is 9.97 Å². The fourth-order valence-electron chi connectivity index (χ4n) is 1.72. The highest BCUT2D eigenvalue weighted by atomic mass is 16.5. The summed E-state index contributed by atoms with van der Waals surface area (Å²) in [6.07, 6.45) is 3.24. The van der Waals surface area contributed by atoms with Crippen LogP contribution in [0.25, 0.3) is 10.8 Å². The van der Waals surface area contributed by atoms with Crippen molar-refractivity contribution in [3.05, 3.63) is 54.9 Å². The Hall–Kier alpha value is -2.62. The predicted octanol–water partition coefficient (Wildman–Crippen LogP) is 3.13. The number of hydrogen-bond donors (Lipinski definition) is 1. The van der Waals surface area contributed by atoms with Crippen molar-refractivity contribution >= 4 is 10.8 Å². The molecule has 1 heterocycles. The Morgan fingerprint density at radius 1 is 0.889 bits per heavy atom. The van der Waals surface area contributed by atoms with Crippen LogP contribution in [0.2, 0.25) is 0 Å². The average molecular weight is 238 g/mol. The van der Waals surface area contributed by atoms with Gasteiger partial charge in [-0.05, 0) is 41.1 Å². The highest BCUT2D eigenvalue weighted by Crippen LogP contribution is 2.26. The molecule has 0 unspecified atom stereocenters. The monoisotopic (exact) mass is 238 g/mol. The van der Waals surface area contributed by atoms with Gasteiger partial charge in [-0.2, -0.15) is 0 Å². The van der Waals surface area contributed by atoms with Gasteiger partial charge in [0.05, 0.1) is 0 Å². The van der Waals surface area contributed by atoms with Crippen LogP contribution in [-0.4, -0.2) is 15.1 Å². The Kier molecular flexibility index (Phi) is 2.53. The second-order valence-corrected chi connectivity index (χ2v) is 3.83. The third kappa shape index (κ3) is 2.08. The van der Waals surface area contributed by atoms with Crippen LogP contribution in [0.5, 0.6) is 17.5 Å². The van der Waals surface area contributed by atoms with Crippen molar-refractivity contribution < 1.29 is 9.84 Å². The quantitative estimate of drug-likeness (QED) is 0.745. The van der Waals surface area contributed by atoms with E-state index in [0.717, 1.165) is 10.8 Å². The molecule has 0 aliphatic carbocycles. The van der Waals surface area contributed by atoms with E-state index in [-0.39, 0.29) is 5.75 Å². The Morgan fingerprint density at radius 3 is 2.50 bits per heavy atom. The second-order valence-electron chi connectivity index (χ2n) is 3.83. The number of phenolic OH excluding ortho intramolecular Hbond substituents is 1. The smallest absolute Gasteiger partial charge is 0.321 e. The largest absolute Gasteiger partial charge is 0.508 e. The molecule has 0 atom stereocenters. The lowest BCUT2D eigenvalue weighted by atomic mass is 10.1. The maximum atomic E-state index is 9.45. The normalized spacial score (nSPS) is 10.4. The number of phenols is 1. The molecule has 2 aromatic carbocycles. The van der Waals surface area contributed by atoms with Crippen LogP contribution in [0.15, 0.2) is 54.9 Å². The van der Waals surface area contributed by atoms with Crippen LogP contribution < -0.4 is 4.74 Å². The lowest BCUT2D eigenvalue weighted by molar-refractivity contribution is 0.442. The maximum Gasteiger partial charge on any atom is 0.321 e. The van der Waals surface area contributed by atoms with E-state index in [4.69, 9.17) is 4.74 Å². The van der Waals surface area contributed by atoms with Gasteiger partial charge in [0.15, 0.2) is 0 Å². The fraction of sp³-hybridized carbons (Fsp3) is 0. The molecule has 0 bridgehead atoms. The highest BCUT2D eigenvalue weighted by Gasteiger charge is 2.01. The van der Waals surface area contributed by atoms with Crippen molar-refractivity contribution in [3.63, 3.8) is 0 Å². The third-order valence-electron chi connectivity index (χ3n) is 2.55. The molecule has 18 heavy (non-hydrogen) atoms. The summed E-state index contributed by atoms with van der Waals surface area (Å²) in [6, 6.07) is 12.8. The van der Waals surface area contributed by atoms with Gasteiger partial charge >= 0.3 is 6.01 Å². The molecule has 0 saturated carbocycles. The van der Waals surface area contributed by atoms with Gasteiger partial charge in [0, 0.05) is 12.4 Å². The Morgan fingerprint density at radius 2 is 1.67 bits per heavy atom. The molecule has 4 heteroatoms. The summed E-state index contributed by atoms with van der Waals surface area (Å²) in [7, 11) is 0. The molecule has 88 valence electrons. The molecule has 0 saturated heterocycles. The summed E-state index contributed by atoms with van der Waals surface area (Å²) in [5, 5.41) is 11.4. The molecule has 3 rings (SSSR count). The second kappa shape index (κ2) is 4.33. The number of hydrogen-bond acceptors (Lipinski definition) is 4. The van der Waals surface area contributed by atoms with E-state index in [0.29, 0.717) is 11.8 Å². The molecule has 1 N–H and O–H groups in total. The number of fused-ring (bicyclic) bond motifs is 1. The first-order valence-corrected chi connectivity index (χ1v) is 5.49. The van der Waals surface area contributed by atoms with Gasteiger partial charge in [-0.15, -0.1) is 0 Å². The van der Waals surface area contributed by atoms with Gasteiger partial charge in [-0.3, -0.25) is 0 Å². The van der Waals surface area contributed by atoms with E-state index in [1.54, 1.807) is 30.6 Å². The molecule has 3 aromatic rings. The highest BCUT2D eigenvalue weighted by molar-refractivity contribution is 5.85. The summed E-state index contributed by atoms with van der Waals surface area (Å²) in [5.41, 5.74) is 0. The van der Waals surface area contributed by atoms with Crippen LogP contribution in [0.4, 0.5) is 0 Å². The number of aromatic hydroxyl groups is 1. The lowest BCUT2D eigenvalue weighted by Gasteiger charge is -2.05. The van der Waals surface area contributed by atoms with Crippen LogP contribution in [0.3, 0.4) is 0 Å². The van der Waals surface area contributed by atoms with Gasteiger partial charge < -0.3 is 9.84 Å². The first kappa shape index (κ1) is 10.5. The van der Waals surface area contributed by atoms with Crippen molar-refractivity contribution in [2.24, 2.45) is 0 Å². The minimum absolute atomic E-state index is 0.232. The molecular weight excluding hydrogens is 228 g/mol. The fourth-order valence-corrected chi connectivity index (χ4v) is 1.72. The maximum absolute atomic E-state index is 9.45. The third-order valence-corrected chi connectivity index (χ3v) is 2.55. The zero-order valence-electron chi connectivity index (χ0n) is 9.45. The van der Waals surface area contributed by atoms with E-state index >= 15 is 0 Å². The van der Waals surface area contributed by atoms with E-state index in [9.17, 15) is 5.11 Å². The SMILES string of the molecule is Oc1ccc2ccc(Oc3ncccn3)cc2c1. The Balaban J connectivity index is 1.98. The lowest BCUT2D eigenvalue weighted by Crippen LogP contribution is -1.89. The molecule has 1 aromatic heterocycles. The zero-order chi connectivity index (χ0) is 12.4. The van der Waals surface area contributed by atoms with Crippen LogP contribution >= 0.6 is 0 Å². The van der Waals surface area contributed by atoms with Gasteiger partial charge in [0.25, 0.3) is 0 Å². The Labute approximate surface area is 104 Å². The van der Waals surface area contributed by atoms with Crippen molar-refractivity contribution in [2.75, 3.05) is 0 Å². The molecular formula is C14H10N2O2. The zero-order valence-corrected chi connectivity index (χ0v) is 9.45. The number of benzene rings is 2. The number of aromatic nitrogens is 2. The topological polar surface area (TPSA) is 55.2 Å². The predicted molar refractivity (Wildman–Crippen MR) is 67.7 cm³/mol. The molecule has 0 amide bonds. The number of ether oxygens (including phenoxy) is 1. The molecule has 0 fully saturated rings. The summed E-state index contributed by atoms with van der Waals surface area (Å²) in [4.78, 5) is 7.98. The summed E-state index contributed by atoms with van der Waals surface area (Å²) in [6.45, 7) is 0. The van der Waals surface area contributed by atoms with E-state index in [1.807, 2.05) is 24.3 Å². The van der Waals surface area contributed by atoms with Crippen LogP contribution in [-0.2, 0) is 0 Å². The van der Waals surface area contributed by atoms with Gasteiger partial charge in [0.1, 0.15) is 11.5 Å². The van der Waals surface area contributed by atoms with Crippen LogP contribution in [0.1, 0.15) is 0 Å². The molecule has 0 aliphatic heterocycles. The van der Waals surface area contributed by atoms with E-state index in [1.165, 1.54) is 0 Å². The van der Waals surface area contributed by atoms with Crippen molar-refractivity contribution in [1.82, 2.24) is 9.97 Å². The van der Waals surface area contributed by atoms with E-state index < -0.39 is 0 Å². The van der Waals surface area contributed by atoms with Crippen LogP contribution in [0, 0.1) is 0 Å². The van der Waals surface area contributed by atoms with E-state index in [2.05, 4.69) is 9.97 Å². The Bertz CT molecular complexity index is 684. The van der Waals surface area contributed by atoms with Gasteiger partial charge in [-0.1, -0.05) is 12.1 Å². The van der Waals surface area contributed by atoms with Crippen molar-refractivity contribution in [2.45, 2.75) is 0 Å². The first-order valence-electron chi connectivity index (χ1n) is 5.49. The summed E-state index contributed by atoms with van der Waals surface area (Å²) >= 11 is 0. The van der Waals surface area contributed by atoms with Crippen molar-refractivity contribution in [3.8, 4) is 17.5 Å².